The molecule has 2 nitrogen and oxygen atoms in total. The Balaban J connectivity index is 0.915. The van der Waals surface area contributed by atoms with Crippen LogP contribution in [0.15, 0.2) is 315 Å². The third-order valence-corrected chi connectivity index (χ3v) is 17.5. The summed E-state index contributed by atoms with van der Waals surface area (Å²) in [6, 6.07) is 117. The summed E-state index contributed by atoms with van der Waals surface area (Å²) in [4.78, 5) is 2.49. The number of benzene rings is 13. The lowest BCUT2D eigenvalue weighted by Crippen LogP contribution is -2.29. The number of hydrogen-bond donors (Lipinski definition) is 0. The van der Waals surface area contributed by atoms with Gasteiger partial charge in [-0.25, -0.2) is 0 Å². The van der Waals surface area contributed by atoms with Crippen molar-refractivity contribution in [2.75, 3.05) is 4.90 Å². The average molecular weight is 1020 g/mol. The fourth-order valence-electron chi connectivity index (χ4n) is 14.3. The lowest BCUT2D eigenvalue weighted by Gasteiger charge is -2.35. The largest absolute Gasteiger partial charge is 0.310 e. The normalized spacial score (nSPS) is 13.4. The van der Waals surface area contributed by atoms with E-state index in [1.807, 2.05) is 0 Å². The van der Waals surface area contributed by atoms with Gasteiger partial charge in [-0.3, -0.25) is 0 Å². The highest BCUT2D eigenvalue weighted by Crippen LogP contribution is 2.60. The standard InChI is InChI=1S/C78H52N2/c1-5-27-56(28-6-1)77(57-29-7-2-8-30-57)69-41-18-15-37-63(69)65-49-47-61(52-71(65)77)79(72-44-22-25-53-24-13-14-36-62(53)72)60-35-21-26-54(50-60)55-46-48-67-66-39-17-20-43-73(66)80(75(67)51-55)74-45-23-40-68-64-38-16-19-42-70(64)78(76(68)74,58-31-9-3-10-32-58)59-33-11-4-12-34-59/h1-52H. The van der Waals surface area contributed by atoms with E-state index in [9.17, 15) is 0 Å². The molecule has 0 saturated carbocycles. The second kappa shape index (κ2) is 18.2. The van der Waals surface area contributed by atoms with E-state index < -0.39 is 10.8 Å². The number of anilines is 3. The first-order chi connectivity index (χ1) is 39.7. The molecule has 14 aromatic rings. The maximum Gasteiger partial charge on any atom is 0.0734 e. The van der Waals surface area contributed by atoms with Gasteiger partial charge in [0.1, 0.15) is 0 Å². The highest BCUT2D eigenvalue weighted by Gasteiger charge is 2.49. The monoisotopic (exact) mass is 1020 g/mol. The highest BCUT2D eigenvalue weighted by atomic mass is 15.1. The van der Waals surface area contributed by atoms with Gasteiger partial charge in [-0.2, -0.15) is 0 Å². The Kier molecular flexibility index (Phi) is 10.4. The molecule has 0 unspecified atom stereocenters. The van der Waals surface area contributed by atoms with Crippen molar-refractivity contribution in [3.63, 3.8) is 0 Å². The molecule has 0 spiro atoms. The van der Waals surface area contributed by atoms with Gasteiger partial charge in [0.25, 0.3) is 0 Å². The number of fused-ring (bicyclic) bond motifs is 10. The van der Waals surface area contributed by atoms with E-state index in [-0.39, 0.29) is 0 Å². The van der Waals surface area contributed by atoms with Crippen LogP contribution in [0.25, 0.3) is 71.6 Å². The van der Waals surface area contributed by atoms with E-state index in [0.717, 1.165) is 33.7 Å². The summed E-state index contributed by atoms with van der Waals surface area (Å²) in [5.41, 5.74) is 23.2. The molecule has 13 aromatic carbocycles. The van der Waals surface area contributed by atoms with Crippen LogP contribution in [0.1, 0.15) is 44.5 Å². The number of aromatic nitrogens is 1. The Morgan fingerprint density at radius 3 is 1.46 bits per heavy atom. The number of para-hydroxylation sites is 1. The molecule has 0 aliphatic heterocycles. The molecular weight excluding hydrogens is 965 g/mol. The van der Waals surface area contributed by atoms with E-state index in [1.54, 1.807) is 0 Å². The van der Waals surface area contributed by atoms with Crippen LogP contribution < -0.4 is 4.90 Å². The first-order valence-corrected chi connectivity index (χ1v) is 27.8. The molecule has 1 aromatic heterocycles. The van der Waals surface area contributed by atoms with E-state index in [4.69, 9.17) is 0 Å². The van der Waals surface area contributed by atoms with Crippen molar-refractivity contribution in [2.45, 2.75) is 10.8 Å². The summed E-state index contributed by atoms with van der Waals surface area (Å²) in [6.45, 7) is 0. The van der Waals surface area contributed by atoms with Crippen molar-refractivity contribution >= 4 is 49.6 Å². The maximum absolute atomic E-state index is 2.56. The zero-order chi connectivity index (χ0) is 52.8. The van der Waals surface area contributed by atoms with Gasteiger partial charge in [-0.05, 0) is 126 Å². The van der Waals surface area contributed by atoms with Crippen molar-refractivity contribution in [3.8, 4) is 39.1 Å². The van der Waals surface area contributed by atoms with Gasteiger partial charge in [0.2, 0.25) is 0 Å². The Morgan fingerprint density at radius 2 is 0.762 bits per heavy atom. The molecule has 16 rings (SSSR count). The quantitative estimate of drug-likeness (QED) is 0.140. The predicted molar refractivity (Wildman–Crippen MR) is 333 cm³/mol. The Morgan fingerprint density at radius 1 is 0.275 bits per heavy atom. The Labute approximate surface area is 466 Å². The molecule has 2 heteroatoms. The number of nitrogens with zero attached hydrogens (tertiary/aromatic N) is 2. The summed E-state index contributed by atoms with van der Waals surface area (Å²) in [6.07, 6.45) is 0. The van der Waals surface area contributed by atoms with Crippen LogP contribution in [-0.4, -0.2) is 4.57 Å². The lowest BCUT2D eigenvalue weighted by molar-refractivity contribution is 0.762. The van der Waals surface area contributed by atoms with Crippen molar-refractivity contribution in [1.82, 2.24) is 4.57 Å². The molecule has 2 aliphatic carbocycles. The molecule has 0 bridgehead atoms. The van der Waals surface area contributed by atoms with Crippen LogP contribution in [0.5, 0.6) is 0 Å². The maximum atomic E-state index is 2.56. The molecule has 0 fully saturated rings. The lowest BCUT2D eigenvalue weighted by atomic mass is 9.67. The Hall–Kier alpha value is -10.3. The summed E-state index contributed by atoms with van der Waals surface area (Å²) in [7, 11) is 0. The van der Waals surface area contributed by atoms with Crippen LogP contribution >= 0.6 is 0 Å². The SMILES string of the molecule is c1ccc(C2(c3ccccc3)c3ccccc3-c3ccc(N(c4cccc(-c5ccc6c7ccccc7n(-c7cccc8c7C(c7ccccc7)(c7ccccc7)c7ccccc7-8)c6c5)c4)c4cccc5ccccc45)cc32)cc1. The fraction of sp³-hybridized carbons (Fsp3) is 0.0256. The van der Waals surface area contributed by atoms with Gasteiger partial charge in [0.05, 0.1) is 33.2 Å². The topological polar surface area (TPSA) is 8.17 Å². The molecule has 80 heavy (non-hydrogen) atoms. The molecule has 2 aliphatic rings. The van der Waals surface area contributed by atoms with Crippen molar-refractivity contribution in [3.05, 3.63) is 360 Å². The molecule has 0 N–H and O–H groups in total. The predicted octanol–water partition coefficient (Wildman–Crippen LogP) is 19.8. The summed E-state index contributed by atoms with van der Waals surface area (Å²) in [5, 5.41) is 4.83. The number of rotatable bonds is 9. The summed E-state index contributed by atoms with van der Waals surface area (Å²) in [5.74, 6) is 0. The third-order valence-electron chi connectivity index (χ3n) is 17.5. The van der Waals surface area contributed by atoms with Gasteiger partial charge < -0.3 is 9.47 Å². The Bertz CT molecular complexity index is 4620. The highest BCUT2D eigenvalue weighted by molar-refractivity contribution is 6.11. The van der Waals surface area contributed by atoms with Crippen molar-refractivity contribution in [2.24, 2.45) is 0 Å². The van der Waals surface area contributed by atoms with Crippen molar-refractivity contribution in [1.29, 1.82) is 0 Å². The van der Waals surface area contributed by atoms with Crippen molar-refractivity contribution < 1.29 is 0 Å². The molecule has 0 atom stereocenters. The van der Waals surface area contributed by atoms with E-state index in [0.29, 0.717) is 0 Å². The van der Waals surface area contributed by atoms with E-state index in [2.05, 4.69) is 325 Å². The molecule has 0 amide bonds. The minimum Gasteiger partial charge on any atom is -0.310 e. The molecular formula is C78H52N2. The first kappa shape index (κ1) is 45.9. The van der Waals surface area contributed by atoms with Crippen LogP contribution in [0.2, 0.25) is 0 Å². The van der Waals surface area contributed by atoms with Crippen LogP contribution in [0.4, 0.5) is 17.1 Å². The molecule has 1 heterocycles. The van der Waals surface area contributed by atoms with E-state index in [1.165, 1.54) is 99.5 Å². The minimum atomic E-state index is -0.581. The molecule has 0 saturated heterocycles. The first-order valence-electron chi connectivity index (χ1n) is 27.8. The summed E-state index contributed by atoms with van der Waals surface area (Å²) < 4.78 is 2.56. The van der Waals surface area contributed by atoms with Gasteiger partial charge >= 0.3 is 0 Å². The third kappa shape index (κ3) is 6.60. The zero-order valence-electron chi connectivity index (χ0n) is 43.9. The second-order valence-corrected chi connectivity index (χ2v) is 21.5. The average Bonchev–Trinajstić information content (AvgIpc) is 3.63. The van der Waals surface area contributed by atoms with Gasteiger partial charge in [-0.1, -0.05) is 267 Å². The molecule has 374 valence electrons. The minimum absolute atomic E-state index is 0.548. The smallest absolute Gasteiger partial charge is 0.0734 e. The summed E-state index contributed by atoms with van der Waals surface area (Å²) >= 11 is 0. The van der Waals surface area contributed by atoms with Gasteiger partial charge in [0.15, 0.2) is 0 Å². The van der Waals surface area contributed by atoms with Crippen LogP contribution in [-0.2, 0) is 10.8 Å². The zero-order valence-corrected chi connectivity index (χ0v) is 43.9. The van der Waals surface area contributed by atoms with E-state index >= 15 is 0 Å². The van der Waals surface area contributed by atoms with Crippen LogP contribution in [0, 0.1) is 0 Å². The fourth-order valence-corrected chi connectivity index (χ4v) is 14.3. The van der Waals surface area contributed by atoms with Crippen LogP contribution in [0.3, 0.4) is 0 Å². The molecule has 0 radical (unpaired) electrons. The van der Waals surface area contributed by atoms with Gasteiger partial charge in [0, 0.05) is 33.1 Å². The second-order valence-electron chi connectivity index (χ2n) is 21.5. The van der Waals surface area contributed by atoms with Gasteiger partial charge in [-0.15, -0.1) is 0 Å². The number of hydrogen-bond acceptors (Lipinski definition) is 1.